The minimum absolute atomic E-state index is 0.432. The van der Waals surface area contributed by atoms with Gasteiger partial charge in [0.1, 0.15) is 0 Å². The van der Waals surface area contributed by atoms with Crippen LogP contribution in [0.2, 0.25) is 0 Å². The highest BCUT2D eigenvalue weighted by Gasteiger charge is 2.32. The molecule has 0 fully saturated rings. The van der Waals surface area contributed by atoms with Crippen molar-refractivity contribution in [2.45, 2.75) is 3.79 Å². The predicted molar refractivity (Wildman–Crippen MR) is 56.6 cm³/mol. The molecule has 0 saturated carbocycles. The Balaban J connectivity index is 2.93. The van der Waals surface area contributed by atoms with Crippen molar-refractivity contribution in [2.24, 2.45) is 0 Å². The van der Waals surface area contributed by atoms with E-state index in [2.05, 4.69) is 15.9 Å². The molecule has 0 aliphatic rings. The van der Waals surface area contributed by atoms with Crippen LogP contribution in [0.15, 0.2) is 15.9 Å². The SMILES string of the molecule is O=C(c1ccc(Br)s1)C(Cl)(Cl)Cl. The molecular weight excluding hydrogens is 306 g/mol. The Morgan fingerprint density at radius 3 is 2.33 bits per heavy atom. The summed E-state index contributed by atoms with van der Waals surface area (Å²) in [5.41, 5.74) is 0. The molecule has 0 N–H and O–H groups in total. The topological polar surface area (TPSA) is 17.1 Å². The number of hydrogen-bond acceptors (Lipinski definition) is 2. The fourth-order valence-electron chi connectivity index (χ4n) is 0.576. The van der Waals surface area contributed by atoms with Crippen molar-refractivity contribution in [3.63, 3.8) is 0 Å². The first-order valence-electron chi connectivity index (χ1n) is 2.78. The lowest BCUT2D eigenvalue weighted by Gasteiger charge is -2.05. The van der Waals surface area contributed by atoms with E-state index in [1.807, 2.05) is 0 Å². The molecular formula is C6H2BrCl3OS. The van der Waals surface area contributed by atoms with Crippen LogP contribution in [0.4, 0.5) is 0 Å². The van der Waals surface area contributed by atoms with E-state index in [0.717, 1.165) is 3.79 Å². The molecule has 1 heterocycles. The average molecular weight is 308 g/mol. The van der Waals surface area contributed by atoms with Crippen molar-refractivity contribution in [1.29, 1.82) is 0 Å². The number of rotatable bonds is 1. The van der Waals surface area contributed by atoms with E-state index in [0.29, 0.717) is 4.88 Å². The van der Waals surface area contributed by atoms with Gasteiger partial charge in [-0.05, 0) is 28.1 Å². The van der Waals surface area contributed by atoms with E-state index in [-0.39, 0.29) is 0 Å². The third-order valence-electron chi connectivity index (χ3n) is 1.05. The maximum Gasteiger partial charge on any atom is 0.254 e. The van der Waals surface area contributed by atoms with E-state index < -0.39 is 9.58 Å². The molecule has 0 aromatic carbocycles. The van der Waals surface area contributed by atoms with Crippen molar-refractivity contribution in [2.75, 3.05) is 0 Å². The number of carbonyl (C=O) groups is 1. The number of Topliss-reactive ketones (excluding diaryl/α,β-unsaturated/α-hetero) is 1. The summed E-state index contributed by atoms with van der Waals surface area (Å²) in [6.07, 6.45) is 0. The standard InChI is InChI=1S/C6H2BrCl3OS/c7-4-2-1-3(12-4)5(11)6(8,9)10/h1-2H. The van der Waals surface area contributed by atoms with Gasteiger partial charge in [0.25, 0.3) is 3.79 Å². The fourth-order valence-corrected chi connectivity index (χ4v) is 2.43. The van der Waals surface area contributed by atoms with Crippen LogP contribution in [-0.2, 0) is 0 Å². The monoisotopic (exact) mass is 306 g/mol. The maximum atomic E-state index is 11.3. The zero-order chi connectivity index (χ0) is 9.35. The Hall–Kier alpha value is 0.720. The van der Waals surface area contributed by atoms with Crippen molar-refractivity contribution < 1.29 is 4.79 Å². The van der Waals surface area contributed by atoms with Crippen LogP contribution in [0.5, 0.6) is 0 Å². The number of ketones is 1. The minimum atomic E-state index is -1.86. The van der Waals surface area contributed by atoms with Crippen LogP contribution < -0.4 is 0 Å². The molecule has 0 aliphatic carbocycles. The van der Waals surface area contributed by atoms with Gasteiger partial charge in [-0.25, -0.2) is 0 Å². The van der Waals surface area contributed by atoms with Crippen LogP contribution >= 0.6 is 62.1 Å². The fraction of sp³-hybridized carbons (Fsp3) is 0.167. The van der Waals surface area contributed by atoms with Gasteiger partial charge in [0.15, 0.2) is 0 Å². The van der Waals surface area contributed by atoms with Crippen LogP contribution in [0.1, 0.15) is 9.67 Å². The Morgan fingerprint density at radius 2 is 2.00 bits per heavy atom. The van der Waals surface area contributed by atoms with Crippen LogP contribution in [0.3, 0.4) is 0 Å². The smallest absolute Gasteiger partial charge is 0.254 e. The minimum Gasteiger partial charge on any atom is -0.288 e. The number of halogens is 4. The summed E-state index contributed by atoms with van der Waals surface area (Å²) < 4.78 is -1.02. The molecule has 1 aromatic heterocycles. The van der Waals surface area contributed by atoms with Crippen molar-refractivity contribution in [1.82, 2.24) is 0 Å². The zero-order valence-electron chi connectivity index (χ0n) is 5.48. The molecule has 6 heteroatoms. The highest BCUT2D eigenvalue weighted by Crippen LogP contribution is 2.33. The highest BCUT2D eigenvalue weighted by molar-refractivity contribution is 9.11. The molecule has 0 saturated heterocycles. The Kier molecular flexibility index (Phi) is 3.46. The maximum absolute atomic E-state index is 11.3. The third-order valence-corrected chi connectivity index (χ3v) is 3.19. The number of thiophene rings is 1. The molecule has 12 heavy (non-hydrogen) atoms. The second kappa shape index (κ2) is 3.84. The first-order valence-corrected chi connectivity index (χ1v) is 5.52. The number of alkyl halides is 3. The Labute approximate surface area is 96.7 Å². The molecule has 0 amide bonds. The van der Waals surface area contributed by atoms with E-state index in [4.69, 9.17) is 34.8 Å². The lowest BCUT2D eigenvalue weighted by molar-refractivity contribution is 0.1000. The van der Waals surface area contributed by atoms with Crippen molar-refractivity contribution in [3.05, 3.63) is 20.8 Å². The molecule has 66 valence electrons. The van der Waals surface area contributed by atoms with Gasteiger partial charge < -0.3 is 0 Å². The summed E-state index contributed by atoms with van der Waals surface area (Å²) in [5.74, 6) is -0.497. The molecule has 0 spiro atoms. The summed E-state index contributed by atoms with van der Waals surface area (Å²) >= 11 is 20.6. The van der Waals surface area contributed by atoms with Gasteiger partial charge in [0, 0.05) is 0 Å². The first-order chi connectivity index (χ1) is 5.41. The molecule has 0 aliphatic heterocycles. The second-order valence-corrected chi connectivity index (χ2v) is 6.67. The summed E-state index contributed by atoms with van der Waals surface area (Å²) in [7, 11) is 0. The predicted octanol–water partition coefficient (Wildman–Crippen LogP) is 4.06. The van der Waals surface area contributed by atoms with Crippen LogP contribution in [0.25, 0.3) is 0 Å². The number of carbonyl (C=O) groups excluding carboxylic acids is 1. The van der Waals surface area contributed by atoms with Gasteiger partial charge in [-0.2, -0.15) is 0 Å². The van der Waals surface area contributed by atoms with Crippen molar-refractivity contribution >= 4 is 67.9 Å². The van der Waals surface area contributed by atoms with Gasteiger partial charge in [-0.1, -0.05) is 34.8 Å². The molecule has 0 bridgehead atoms. The second-order valence-electron chi connectivity index (χ2n) is 1.93. The molecule has 0 unspecified atom stereocenters. The third kappa shape index (κ3) is 2.60. The highest BCUT2D eigenvalue weighted by atomic mass is 79.9. The summed E-state index contributed by atoms with van der Waals surface area (Å²) in [5, 5.41) is 0. The molecule has 0 atom stereocenters. The largest absolute Gasteiger partial charge is 0.288 e. The van der Waals surface area contributed by atoms with Gasteiger partial charge in [0.05, 0.1) is 8.66 Å². The lowest BCUT2D eigenvalue weighted by atomic mass is 10.3. The van der Waals surface area contributed by atoms with Crippen LogP contribution in [0, 0.1) is 0 Å². The van der Waals surface area contributed by atoms with E-state index in [9.17, 15) is 4.79 Å². The molecule has 1 rings (SSSR count). The normalized spacial score (nSPS) is 11.7. The van der Waals surface area contributed by atoms with E-state index >= 15 is 0 Å². The van der Waals surface area contributed by atoms with Gasteiger partial charge in [-0.15, -0.1) is 11.3 Å². The Morgan fingerprint density at radius 1 is 1.42 bits per heavy atom. The van der Waals surface area contributed by atoms with Gasteiger partial charge in [-0.3, -0.25) is 4.79 Å². The first kappa shape index (κ1) is 10.8. The molecule has 1 nitrogen and oxygen atoms in total. The zero-order valence-corrected chi connectivity index (χ0v) is 10.2. The van der Waals surface area contributed by atoms with Gasteiger partial charge >= 0.3 is 0 Å². The number of hydrogen-bond donors (Lipinski definition) is 0. The van der Waals surface area contributed by atoms with E-state index in [1.165, 1.54) is 11.3 Å². The molecule has 0 radical (unpaired) electrons. The summed E-state index contributed by atoms with van der Waals surface area (Å²) in [4.78, 5) is 11.7. The van der Waals surface area contributed by atoms with Gasteiger partial charge in [0.2, 0.25) is 5.78 Å². The average Bonchev–Trinajstić information content (AvgIpc) is 2.32. The quantitative estimate of drug-likeness (QED) is 0.565. The lowest BCUT2D eigenvalue weighted by Crippen LogP contribution is -2.17. The molecule has 1 aromatic rings. The van der Waals surface area contributed by atoms with E-state index in [1.54, 1.807) is 12.1 Å². The van der Waals surface area contributed by atoms with Crippen molar-refractivity contribution in [3.8, 4) is 0 Å². The van der Waals surface area contributed by atoms with Crippen LogP contribution in [-0.4, -0.2) is 9.58 Å². The summed E-state index contributed by atoms with van der Waals surface area (Å²) in [6.45, 7) is 0. The summed E-state index contributed by atoms with van der Waals surface area (Å²) in [6, 6.07) is 3.34. The Bertz CT molecular complexity index is 304.